The van der Waals surface area contributed by atoms with Gasteiger partial charge in [0, 0.05) is 13.1 Å². The summed E-state index contributed by atoms with van der Waals surface area (Å²) in [6.07, 6.45) is 7.21. The number of allylic oxidation sites excluding steroid dienone is 4. The van der Waals surface area contributed by atoms with Crippen LogP contribution in [0.2, 0.25) is 0 Å². The summed E-state index contributed by atoms with van der Waals surface area (Å²) in [6.45, 7) is 4.64. The van der Waals surface area contributed by atoms with Crippen LogP contribution in [0.5, 0.6) is 5.75 Å². The molecule has 1 fully saturated rings. The predicted molar refractivity (Wildman–Crippen MR) is 126 cm³/mol. The van der Waals surface area contributed by atoms with E-state index in [9.17, 15) is 22.6 Å². The Bertz CT molecular complexity index is 1130. The van der Waals surface area contributed by atoms with Crippen LogP contribution < -0.4 is 9.64 Å². The molecular formula is C22H24N3O6S2-. The lowest BCUT2D eigenvalue weighted by atomic mass is 10.1. The minimum Gasteiger partial charge on any atom is -0.747 e. The van der Waals surface area contributed by atoms with Crippen LogP contribution in [0.4, 0.5) is 5.69 Å². The number of thiocarbonyl (C=S) groups is 1. The minimum atomic E-state index is -4.57. The van der Waals surface area contributed by atoms with E-state index in [-0.39, 0.29) is 16.6 Å². The number of carbonyl (C=O) groups excluding carboxylic acids is 2. The molecule has 33 heavy (non-hydrogen) atoms. The highest BCUT2D eigenvalue weighted by molar-refractivity contribution is 7.85. The first-order valence-electron chi connectivity index (χ1n) is 10.4. The topological polar surface area (TPSA) is 110 Å². The Kier molecular flexibility index (Phi) is 7.67. The molecule has 9 nitrogen and oxygen atoms in total. The molecule has 2 heterocycles. The Labute approximate surface area is 198 Å². The summed E-state index contributed by atoms with van der Waals surface area (Å²) in [6, 6.07) is 6.71. The molecule has 1 saturated heterocycles. The van der Waals surface area contributed by atoms with Gasteiger partial charge in [-0.3, -0.25) is 24.3 Å². The number of fused-ring (bicyclic) bond motifs is 1. The second kappa shape index (κ2) is 10.3. The number of ether oxygens (including phenoxy) is 1. The van der Waals surface area contributed by atoms with E-state index < -0.39 is 27.8 Å². The van der Waals surface area contributed by atoms with Gasteiger partial charge in [0.05, 0.1) is 5.69 Å². The van der Waals surface area contributed by atoms with Crippen molar-refractivity contribution in [3.05, 3.63) is 60.0 Å². The van der Waals surface area contributed by atoms with E-state index in [4.69, 9.17) is 17.0 Å². The fourth-order valence-corrected chi connectivity index (χ4v) is 4.37. The molecular weight excluding hydrogens is 466 g/mol. The number of amides is 2. The number of carbonyl (C=O) groups is 2. The van der Waals surface area contributed by atoms with Crippen molar-refractivity contribution in [2.24, 2.45) is 0 Å². The third kappa shape index (κ3) is 5.49. The van der Waals surface area contributed by atoms with Gasteiger partial charge >= 0.3 is 0 Å². The first kappa shape index (κ1) is 24.6. The lowest BCUT2D eigenvalue weighted by Gasteiger charge is -2.36. The fourth-order valence-electron chi connectivity index (χ4n) is 3.44. The third-order valence-electron chi connectivity index (χ3n) is 4.84. The van der Waals surface area contributed by atoms with Crippen molar-refractivity contribution in [1.29, 1.82) is 0 Å². The Hall–Kier alpha value is -3.02. The van der Waals surface area contributed by atoms with Gasteiger partial charge in [-0.1, -0.05) is 38.1 Å². The molecule has 0 unspecified atom stereocenters. The van der Waals surface area contributed by atoms with Crippen molar-refractivity contribution >= 4 is 45.0 Å². The fraction of sp³-hybridized carbons (Fsp3) is 0.318. The van der Waals surface area contributed by atoms with Crippen LogP contribution in [0.15, 0.2) is 60.0 Å². The number of rotatable bonds is 8. The van der Waals surface area contributed by atoms with Crippen molar-refractivity contribution < 1.29 is 27.3 Å². The second-order valence-corrected chi connectivity index (χ2v) is 9.09. The Morgan fingerprint density at radius 1 is 0.970 bits per heavy atom. The summed E-state index contributed by atoms with van der Waals surface area (Å²) in [4.78, 5) is 29.7. The lowest BCUT2D eigenvalue weighted by molar-refractivity contribution is -0.133. The van der Waals surface area contributed by atoms with Gasteiger partial charge in [0.25, 0.3) is 11.8 Å². The molecule has 1 aromatic carbocycles. The van der Waals surface area contributed by atoms with Crippen molar-refractivity contribution in [2.45, 2.75) is 26.7 Å². The maximum atomic E-state index is 12.8. The van der Waals surface area contributed by atoms with E-state index in [0.717, 1.165) is 0 Å². The molecule has 2 amide bonds. The average Bonchev–Trinajstić information content (AvgIpc) is 3.09. The molecule has 0 radical (unpaired) electrons. The van der Waals surface area contributed by atoms with Gasteiger partial charge in [0.15, 0.2) is 10.9 Å². The highest BCUT2D eigenvalue weighted by Gasteiger charge is 2.38. The van der Waals surface area contributed by atoms with Gasteiger partial charge in [-0.25, -0.2) is 8.42 Å². The maximum Gasteiger partial charge on any atom is 0.265 e. The molecule has 11 heteroatoms. The van der Waals surface area contributed by atoms with E-state index in [2.05, 4.69) is 0 Å². The zero-order valence-electron chi connectivity index (χ0n) is 18.3. The summed E-state index contributed by atoms with van der Waals surface area (Å²) in [5, 5.41) is 0.212. The van der Waals surface area contributed by atoms with Gasteiger partial charge in [-0.05, 0) is 49.3 Å². The Morgan fingerprint density at radius 2 is 1.55 bits per heavy atom. The Morgan fingerprint density at radius 3 is 2.12 bits per heavy atom. The lowest BCUT2D eigenvalue weighted by Crippen LogP contribution is -2.56. The van der Waals surface area contributed by atoms with Gasteiger partial charge in [-0.15, -0.1) is 0 Å². The molecule has 176 valence electrons. The van der Waals surface area contributed by atoms with Crippen LogP contribution in [0.1, 0.15) is 26.7 Å². The highest BCUT2D eigenvalue weighted by atomic mass is 32.2. The molecule has 0 aliphatic carbocycles. The number of para-hydroxylation sites is 2. The quantitative estimate of drug-likeness (QED) is 0.237. The van der Waals surface area contributed by atoms with E-state index in [0.29, 0.717) is 37.4 Å². The van der Waals surface area contributed by atoms with Crippen molar-refractivity contribution in [3.8, 4) is 5.75 Å². The highest BCUT2D eigenvalue weighted by Crippen LogP contribution is 2.38. The van der Waals surface area contributed by atoms with Gasteiger partial charge in [-0.2, -0.15) is 0 Å². The number of nitrogens with zero attached hydrogens (tertiary/aromatic N) is 3. The molecule has 2 aliphatic heterocycles. The van der Waals surface area contributed by atoms with Crippen LogP contribution >= 0.6 is 12.2 Å². The first-order valence-corrected chi connectivity index (χ1v) is 12.4. The van der Waals surface area contributed by atoms with E-state index in [1.807, 2.05) is 13.8 Å². The van der Waals surface area contributed by atoms with E-state index in [1.165, 1.54) is 39.0 Å². The summed E-state index contributed by atoms with van der Waals surface area (Å²) in [5.74, 6) is -1.17. The SMILES string of the molecule is CCCN1C(=O)C(=C/C=C/C=C2\Oc3ccccc3N2CS(=O)(=O)[O-])C(=O)N(CCC)C1=S. The summed E-state index contributed by atoms with van der Waals surface area (Å²) < 4.78 is 39.7. The van der Waals surface area contributed by atoms with Crippen molar-refractivity contribution in [3.63, 3.8) is 0 Å². The normalized spacial score (nSPS) is 17.9. The first-order chi connectivity index (χ1) is 15.7. The predicted octanol–water partition coefficient (Wildman–Crippen LogP) is 2.49. The molecule has 3 rings (SSSR count). The Balaban J connectivity index is 1.87. The molecule has 0 spiro atoms. The van der Waals surface area contributed by atoms with Crippen LogP contribution in [0, 0.1) is 0 Å². The number of hydrogen-bond donors (Lipinski definition) is 0. The zero-order valence-corrected chi connectivity index (χ0v) is 19.9. The van der Waals surface area contributed by atoms with E-state index in [1.54, 1.807) is 24.3 Å². The maximum absolute atomic E-state index is 12.8. The minimum absolute atomic E-state index is 0.0187. The molecule has 0 aromatic heterocycles. The van der Waals surface area contributed by atoms with Crippen LogP contribution in [-0.2, 0) is 19.7 Å². The van der Waals surface area contributed by atoms with Crippen LogP contribution in [0.3, 0.4) is 0 Å². The molecule has 0 bridgehead atoms. The van der Waals surface area contributed by atoms with Crippen LogP contribution in [0.25, 0.3) is 0 Å². The second-order valence-electron chi connectivity index (χ2n) is 7.35. The van der Waals surface area contributed by atoms with E-state index >= 15 is 0 Å². The number of anilines is 1. The molecule has 1 aromatic rings. The monoisotopic (exact) mass is 490 g/mol. The largest absolute Gasteiger partial charge is 0.747 e. The van der Waals surface area contributed by atoms with Gasteiger partial charge in [0.1, 0.15) is 21.6 Å². The number of benzene rings is 1. The zero-order chi connectivity index (χ0) is 24.2. The summed E-state index contributed by atoms with van der Waals surface area (Å²) >= 11 is 5.34. The summed E-state index contributed by atoms with van der Waals surface area (Å²) in [7, 11) is -4.57. The smallest absolute Gasteiger partial charge is 0.265 e. The molecule has 0 saturated carbocycles. The molecule has 0 N–H and O–H groups in total. The van der Waals surface area contributed by atoms with Crippen molar-refractivity contribution in [1.82, 2.24) is 9.80 Å². The third-order valence-corrected chi connectivity index (χ3v) is 5.86. The molecule has 2 aliphatic rings. The van der Waals surface area contributed by atoms with Crippen LogP contribution in [-0.4, -0.2) is 58.7 Å². The molecule has 0 atom stereocenters. The number of hydrogen-bond acceptors (Lipinski definition) is 8. The van der Waals surface area contributed by atoms with Gasteiger partial charge < -0.3 is 9.29 Å². The average molecular weight is 491 g/mol. The standard InChI is InChI=1S/C22H25N3O6S2/c1-3-13-23-20(26)16(21(27)24(14-4-2)22(23)32)9-5-8-12-19-25(15-33(28,29)30)17-10-6-7-11-18(17)31-19/h5-12H,3-4,13-15H2,1-2H3,(H,28,29,30)/p-1/b8-5+,19-12-. The summed E-state index contributed by atoms with van der Waals surface area (Å²) in [5.41, 5.74) is 0.432. The van der Waals surface area contributed by atoms with Crippen molar-refractivity contribution in [2.75, 3.05) is 23.9 Å². The van der Waals surface area contributed by atoms with Gasteiger partial charge in [0.2, 0.25) is 5.88 Å².